The van der Waals surface area contributed by atoms with Gasteiger partial charge in [-0.15, -0.1) is 0 Å². The molecule has 32 heavy (non-hydrogen) atoms. The normalized spacial score (nSPS) is 13.9. The summed E-state index contributed by atoms with van der Waals surface area (Å²) in [6.45, 7) is 10.8. The van der Waals surface area contributed by atoms with Crippen LogP contribution < -0.4 is 4.43 Å². The fraction of sp³-hybridized carbons (Fsp3) is 0.520. The Balaban J connectivity index is 2.46. The monoisotopic (exact) mass is 484 g/mol. The van der Waals surface area contributed by atoms with E-state index in [1.807, 2.05) is 44.2 Å². The molecule has 0 saturated carbocycles. The van der Waals surface area contributed by atoms with Crippen molar-refractivity contribution in [3.05, 3.63) is 65.2 Å². The predicted molar refractivity (Wildman–Crippen MR) is 129 cm³/mol. The maximum Gasteiger partial charge on any atom is 0.258 e. The lowest BCUT2D eigenvalue weighted by Gasteiger charge is -2.37. The zero-order valence-electron chi connectivity index (χ0n) is 19.9. The lowest BCUT2D eigenvalue weighted by Crippen LogP contribution is -2.48. The Labute approximate surface area is 192 Å². The third kappa shape index (κ3) is 6.04. The third-order valence-electron chi connectivity index (χ3n) is 7.33. The van der Waals surface area contributed by atoms with Crippen molar-refractivity contribution >= 4 is 16.4 Å². The van der Waals surface area contributed by atoms with Crippen molar-refractivity contribution in [1.82, 2.24) is 0 Å². The highest BCUT2D eigenvalue weighted by Crippen LogP contribution is 2.38. The summed E-state index contributed by atoms with van der Waals surface area (Å²) >= 11 is 0. The molecule has 0 saturated heterocycles. The van der Waals surface area contributed by atoms with E-state index in [2.05, 4.69) is 20.8 Å². The zero-order valence-corrected chi connectivity index (χ0v) is 21.9. The standard InChI is InChI=1S/C25H36F4OSi2/c1-6-31(7-2,8-3)15-12-16-32(19(4)5,18-20-13-10-9-11-14-20)30-25-23(28)21(26)17-22(27)24(25)29/h9-11,13-14,17,19H,6-8,12,15-16,18H2,1-5H3. The van der Waals surface area contributed by atoms with Gasteiger partial charge in [0.15, 0.2) is 17.4 Å². The maximum atomic E-state index is 14.6. The van der Waals surface area contributed by atoms with Crippen molar-refractivity contribution in [2.45, 2.75) is 82.8 Å². The van der Waals surface area contributed by atoms with Gasteiger partial charge in [-0.2, -0.15) is 8.78 Å². The van der Waals surface area contributed by atoms with E-state index in [-0.39, 0.29) is 11.6 Å². The first-order valence-electron chi connectivity index (χ1n) is 11.7. The van der Waals surface area contributed by atoms with Crippen LogP contribution in [-0.2, 0) is 6.04 Å². The first kappa shape index (κ1) is 26.6. The SMILES string of the molecule is CC[Si](CC)(CC)CCC[Si](Cc1ccccc1)(Oc1c(F)c(F)cc(F)c1F)C(C)C. The summed E-state index contributed by atoms with van der Waals surface area (Å²) in [5, 5.41) is 0. The maximum absolute atomic E-state index is 14.6. The smallest absolute Gasteiger partial charge is 0.258 e. The van der Waals surface area contributed by atoms with E-state index in [1.54, 1.807) is 0 Å². The Morgan fingerprint density at radius 1 is 0.812 bits per heavy atom. The molecule has 0 aliphatic rings. The molecule has 0 fully saturated rings. The van der Waals surface area contributed by atoms with Crippen molar-refractivity contribution in [2.75, 3.05) is 0 Å². The lowest BCUT2D eigenvalue weighted by molar-refractivity contribution is 0.381. The molecule has 0 N–H and O–H groups in total. The fourth-order valence-corrected chi connectivity index (χ4v) is 12.3. The summed E-state index contributed by atoms with van der Waals surface area (Å²) < 4.78 is 63.1. The van der Waals surface area contributed by atoms with Gasteiger partial charge >= 0.3 is 0 Å². The summed E-state index contributed by atoms with van der Waals surface area (Å²) in [6, 6.07) is 15.9. The molecule has 7 heteroatoms. The molecule has 0 bridgehead atoms. The molecule has 0 aliphatic heterocycles. The van der Waals surface area contributed by atoms with Crippen LogP contribution in [0.2, 0.25) is 35.8 Å². The van der Waals surface area contributed by atoms with Crippen LogP contribution in [0.5, 0.6) is 5.75 Å². The van der Waals surface area contributed by atoms with Crippen LogP contribution in [0.25, 0.3) is 0 Å². The van der Waals surface area contributed by atoms with Gasteiger partial charge in [0, 0.05) is 12.1 Å². The third-order valence-corrected chi connectivity index (χ3v) is 18.2. The molecule has 1 unspecified atom stereocenters. The van der Waals surface area contributed by atoms with Crippen LogP contribution in [0.3, 0.4) is 0 Å². The number of rotatable bonds is 12. The van der Waals surface area contributed by atoms with Gasteiger partial charge in [0.25, 0.3) is 8.32 Å². The van der Waals surface area contributed by atoms with Gasteiger partial charge in [0.1, 0.15) is 0 Å². The highest BCUT2D eigenvalue weighted by Gasteiger charge is 2.43. The molecule has 1 nitrogen and oxygen atoms in total. The minimum atomic E-state index is -2.89. The predicted octanol–water partition coefficient (Wildman–Crippen LogP) is 8.66. The van der Waals surface area contributed by atoms with Crippen molar-refractivity contribution in [3.8, 4) is 5.75 Å². The second-order valence-electron chi connectivity index (χ2n) is 9.20. The largest absolute Gasteiger partial charge is 0.539 e. The Morgan fingerprint density at radius 2 is 1.34 bits per heavy atom. The molecule has 2 rings (SSSR count). The van der Waals surface area contributed by atoms with Crippen LogP contribution in [0, 0.1) is 23.3 Å². The van der Waals surface area contributed by atoms with E-state index < -0.39 is 45.4 Å². The molecule has 2 aromatic rings. The summed E-state index contributed by atoms with van der Waals surface area (Å²) in [4.78, 5) is 0. The molecule has 2 aromatic carbocycles. The Morgan fingerprint density at radius 3 is 1.81 bits per heavy atom. The fourth-order valence-electron chi connectivity index (χ4n) is 4.61. The average Bonchev–Trinajstić information content (AvgIpc) is 2.79. The van der Waals surface area contributed by atoms with Gasteiger partial charge in [-0.25, -0.2) is 8.78 Å². The van der Waals surface area contributed by atoms with Crippen molar-refractivity contribution in [3.63, 3.8) is 0 Å². The first-order chi connectivity index (χ1) is 15.1. The second kappa shape index (κ2) is 11.5. The quantitative estimate of drug-likeness (QED) is 0.166. The first-order valence-corrected chi connectivity index (χ1v) is 16.9. The zero-order chi connectivity index (χ0) is 23.9. The highest BCUT2D eigenvalue weighted by molar-refractivity contribution is 6.80. The molecule has 0 heterocycles. The molecule has 0 amide bonds. The van der Waals surface area contributed by atoms with E-state index in [9.17, 15) is 17.6 Å². The molecule has 0 aliphatic carbocycles. The number of hydrogen-bond acceptors (Lipinski definition) is 1. The Hall–Kier alpha value is -1.61. The van der Waals surface area contributed by atoms with E-state index >= 15 is 0 Å². The number of hydrogen-bond donors (Lipinski definition) is 0. The molecule has 0 radical (unpaired) electrons. The molecule has 0 aromatic heterocycles. The minimum absolute atomic E-state index is 0.00576. The van der Waals surface area contributed by atoms with Gasteiger partial charge in [-0.1, -0.05) is 95.5 Å². The average molecular weight is 485 g/mol. The van der Waals surface area contributed by atoms with E-state index in [0.29, 0.717) is 12.1 Å². The van der Waals surface area contributed by atoms with Crippen LogP contribution in [0.1, 0.15) is 46.6 Å². The second-order valence-corrected chi connectivity index (χ2v) is 19.2. The van der Waals surface area contributed by atoms with Gasteiger partial charge in [0.05, 0.1) is 8.07 Å². The van der Waals surface area contributed by atoms with E-state index in [4.69, 9.17) is 4.43 Å². The lowest BCUT2D eigenvalue weighted by atomic mass is 10.2. The van der Waals surface area contributed by atoms with Crippen molar-refractivity contribution in [2.24, 2.45) is 0 Å². The van der Waals surface area contributed by atoms with Crippen molar-refractivity contribution in [1.29, 1.82) is 0 Å². The van der Waals surface area contributed by atoms with Gasteiger partial charge in [-0.3, -0.25) is 0 Å². The molecular weight excluding hydrogens is 448 g/mol. The van der Waals surface area contributed by atoms with Crippen molar-refractivity contribution < 1.29 is 22.0 Å². The van der Waals surface area contributed by atoms with E-state index in [0.717, 1.165) is 18.0 Å². The van der Waals surface area contributed by atoms with E-state index in [1.165, 1.54) is 18.1 Å². The van der Waals surface area contributed by atoms with Crippen LogP contribution in [0.15, 0.2) is 36.4 Å². The Bertz CT molecular complexity index is 837. The summed E-state index contributed by atoms with van der Waals surface area (Å²) in [5.74, 6) is -6.66. The topological polar surface area (TPSA) is 9.23 Å². The molecule has 1 atom stereocenters. The summed E-state index contributed by atoms with van der Waals surface area (Å²) in [6.07, 6.45) is 0.903. The summed E-state index contributed by atoms with van der Waals surface area (Å²) in [7, 11) is -4.27. The number of halogens is 4. The van der Waals surface area contributed by atoms with Gasteiger partial charge < -0.3 is 4.43 Å². The highest BCUT2D eigenvalue weighted by atomic mass is 28.4. The molecule has 178 valence electrons. The van der Waals surface area contributed by atoms with Crippen LogP contribution in [-0.4, -0.2) is 16.4 Å². The van der Waals surface area contributed by atoms with Crippen LogP contribution >= 0.6 is 0 Å². The van der Waals surface area contributed by atoms with Crippen LogP contribution in [0.4, 0.5) is 17.6 Å². The van der Waals surface area contributed by atoms with Gasteiger partial charge in [-0.05, 0) is 17.1 Å². The molecule has 0 spiro atoms. The molecular formula is C25H36F4OSi2. The minimum Gasteiger partial charge on any atom is -0.539 e. The number of benzene rings is 2. The van der Waals surface area contributed by atoms with Gasteiger partial charge in [0.2, 0.25) is 11.6 Å². The Kier molecular flexibility index (Phi) is 9.58. The summed E-state index contributed by atoms with van der Waals surface area (Å²) in [5.41, 5.74) is 1.00.